The third-order valence-corrected chi connectivity index (χ3v) is 2.92. The van der Waals surface area contributed by atoms with Crippen molar-refractivity contribution >= 4 is 11.6 Å². The molecule has 0 bridgehead atoms. The molecular weight excluding hydrogens is 264 g/mol. The Morgan fingerprint density at radius 3 is 2.33 bits per heavy atom. The van der Waals surface area contributed by atoms with Crippen LogP contribution in [0.25, 0.3) is 0 Å². The zero-order chi connectivity index (χ0) is 14.9. The zero-order valence-electron chi connectivity index (χ0n) is 12.0. The molecule has 1 amide bonds. The van der Waals surface area contributed by atoms with Gasteiger partial charge in [-0.1, -0.05) is 65.8 Å². The quantitative estimate of drug-likeness (QED) is 0.654. The smallest absolute Gasteiger partial charge is 0.261 e. The van der Waals surface area contributed by atoms with Gasteiger partial charge in [0.05, 0.1) is 5.71 Å². The van der Waals surface area contributed by atoms with Gasteiger partial charge in [-0.05, 0) is 18.1 Å². The molecular formula is C17H18N2O2. The van der Waals surface area contributed by atoms with Gasteiger partial charge >= 0.3 is 0 Å². The predicted octanol–water partition coefficient (Wildman–Crippen LogP) is 2.74. The molecule has 0 atom stereocenters. The Bertz CT molecular complexity index is 595. The first kappa shape index (κ1) is 14.8. The molecule has 4 heteroatoms. The third kappa shape index (κ3) is 5.10. The Morgan fingerprint density at radius 1 is 1.05 bits per heavy atom. The highest BCUT2D eigenvalue weighted by atomic mass is 16.6. The number of oxime groups is 1. The van der Waals surface area contributed by atoms with E-state index in [1.807, 2.05) is 67.6 Å². The number of hydrogen-bond acceptors (Lipinski definition) is 3. The number of carbonyl (C=O) groups is 1. The van der Waals surface area contributed by atoms with Gasteiger partial charge in [0.15, 0.2) is 6.61 Å². The first-order chi connectivity index (χ1) is 10.3. The number of nitrogens with one attached hydrogen (secondary N) is 1. The zero-order valence-corrected chi connectivity index (χ0v) is 12.0. The minimum atomic E-state index is -0.191. The molecule has 0 aliphatic rings. The van der Waals surface area contributed by atoms with E-state index < -0.39 is 0 Å². The van der Waals surface area contributed by atoms with Crippen LogP contribution >= 0.6 is 0 Å². The van der Waals surface area contributed by atoms with Gasteiger partial charge in [0.1, 0.15) is 0 Å². The molecule has 1 N–H and O–H groups in total. The first-order valence-electron chi connectivity index (χ1n) is 6.78. The van der Waals surface area contributed by atoms with E-state index in [-0.39, 0.29) is 12.5 Å². The number of amides is 1. The van der Waals surface area contributed by atoms with Crippen LogP contribution in [0.4, 0.5) is 0 Å². The average Bonchev–Trinajstić information content (AvgIpc) is 2.54. The molecule has 4 nitrogen and oxygen atoms in total. The molecule has 0 spiro atoms. The number of carbonyl (C=O) groups excluding carboxylic acids is 1. The summed E-state index contributed by atoms with van der Waals surface area (Å²) in [6, 6.07) is 19.4. The van der Waals surface area contributed by atoms with Gasteiger partial charge in [-0.3, -0.25) is 4.79 Å². The largest absolute Gasteiger partial charge is 0.385 e. The first-order valence-corrected chi connectivity index (χ1v) is 6.78. The van der Waals surface area contributed by atoms with Crippen LogP contribution in [-0.4, -0.2) is 18.2 Å². The lowest BCUT2D eigenvalue weighted by Gasteiger charge is -2.05. The molecule has 2 rings (SSSR count). The Balaban J connectivity index is 1.74. The van der Waals surface area contributed by atoms with Crippen molar-refractivity contribution in [3.05, 3.63) is 71.8 Å². The molecule has 0 fully saturated rings. The summed E-state index contributed by atoms with van der Waals surface area (Å²) in [5.41, 5.74) is 2.77. The molecule has 0 radical (unpaired) electrons. The van der Waals surface area contributed by atoms with E-state index in [1.54, 1.807) is 0 Å². The maximum atomic E-state index is 11.6. The van der Waals surface area contributed by atoms with E-state index in [0.29, 0.717) is 6.54 Å². The number of nitrogens with zero attached hydrogens (tertiary/aromatic N) is 1. The average molecular weight is 282 g/mol. The second-order valence-corrected chi connectivity index (χ2v) is 4.58. The Morgan fingerprint density at radius 2 is 1.67 bits per heavy atom. The van der Waals surface area contributed by atoms with Crippen molar-refractivity contribution in [2.45, 2.75) is 13.5 Å². The summed E-state index contributed by atoms with van der Waals surface area (Å²) in [5.74, 6) is -0.191. The molecule has 0 aliphatic carbocycles. The summed E-state index contributed by atoms with van der Waals surface area (Å²) < 4.78 is 0. The Hall–Kier alpha value is -2.62. The fourth-order valence-electron chi connectivity index (χ4n) is 1.77. The highest BCUT2D eigenvalue weighted by Crippen LogP contribution is 2.01. The summed E-state index contributed by atoms with van der Waals surface area (Å²) in [6.45, 7) is 2.25. The van der Waals surface area contributed by atoms with Crippen LogP contribution in [0.1, 0.15) is 18.1 Å². The summed E-state index contributed by atoms with van der Waals surface area (Å²) >= 11 is 0. The van der Waals surface area contributed by atoms with Gasteiger partial charge in [-0.15, -0.1) is 0 Å². The molecule has 2 aromatic carbocycles. The number of rotatable bonds is 6. The summed E-state index contributed by atoms with van der Waals surface area (Å²) in [7, 11) is 0. The van der Waals surface area contributed by atoms with Crippen molar-refractivity contribution in [3.63, 3.8) is 0 Å². The minimum absolute atomic E-state index is 0.0863. The molecule has 0 heterocycles. The van der Waals surface area contributed by atoms with E-state index in [9.17, 15) is 4.79 Å². The van der Waals surface area contributed by atoms with Crippen LogP contribution in [0.5, 0.6) is 0 Å². The summed E-state index contributed by atoms with van der Waals surface area (Å²) in [5, 5.41) is 6.72. The van der Waals surface area contributed by atoms with E-state index in [0.717, 1.165) is 16.8 Å². The molecule has 0 unspecified atom stereocenters. The minimum Gasteiger partial charge on any atom is -0.385 e. The van der Waals surface area contributed by atoms with Crippen LogP contribution in [0, 0.1) is 0 Å². The molecule has 2 aromatic rings. The van der Waals surface area contributed by atoms with E-state index in [2.05, 4.69) is 10.5 Å². The van der Waals surface area contributed by atoms with Gasteiger partial charge in [0, 0.05) is 6.54 Å². The maximum absolute atomic E-state index is 11.6. The predicted molar refractivity (Wildman–Crippen MR) is 82.9 cm³/mol. The third-order valence-electron chi connectivity index (χ3n) is 2.92. The second kappa shape index (κ2) is 7.85. The van der Waals surface area contributed by atoms with Crippen LogP contribution in [0.3, 0.4) is 0 Å². The fraction of sp³-hybridized carbons (Fsp3) is 0.176. The van der Waals surface area contributed by atoms with Gasteiger partial charge in [0.25, 0.3) is 5.91 Å². The van der Waals surface area contributed by atoms with E-state index in [1.165, 1.54) is 0 Å². The number of hydrogen-bond donors (Lipinski definition) is 1. The molecule has 21 heavy (non-hydrogen) atoms. The van der Waals surface area contributed by atoms with Crippen molar-refractivity contribution in [2.75, 3.05) is 6.61 Å². The lowest BCUT2D eigenvalue weighted by molar-refractivity contribution is -0.125. The van der Waals surface area contributed by atoms with Gasteiger partial charge in [0.2, 0.25) is 0 Å². The van der Waals surface area contributed by atoms with Crippen LogP contribution in [-0.2, 0) is 16.2 Å². The van der Waals surface area contributed by atoms with Crippen molar-refractivity contribution in [2.24, 2.45) is 5.16 Å². The van der Waals surface area contributed by atoms with Crippen molar-refractivity contribution in [1.82, 2.24) is 5.32 Å². The monoisotopic (exact) mass is 282 g/mol. The van der Waals surface area contributed by atoms with Crippen LogP contribution in [0.2, 0.25) is 0 Å². The lowest BCUT2D eigenvalue weighted by atomic mass is 10.1. The van der Waals surface area contributed by atoms with Crippen molar-refractivity contribution < 1.29 is 9.63 Å². The molecule has 0 saturated heterocycles. The molecule has 0 saturated carbocycles. The van der Waals surface area contributed by atoms with Gasteiger partial charge < -0.3 is 10.2 Å². The Labute approximate surface area is 124 Å². The second-order valence-electron chi connectivity index (χ2n) is 4.58. The summed E-state index contributed by atoms with van der Waals surface area (Å²) in [4.78, 5) is 16.7. The van der Waals surface area contributed by atoms with E-state index in [4.69, 9.17) is 4.84 Å². The van der Waals surface area contributed by atoms with E-state index >= 15 is 0 Å². The molecule has 108 valence electrons. The van der Waals surface area contributed by atoms with Gasteiger partial charge in [-0.25, -0.2) is 0 Å². The van der Waals surface area contributed by atoms with Crippen molar-refractivity contribution in [1.29, 1.82) is 0 Å². The van der Waals surface area contributed by atoms with Crippen molar-refractivity contribution in [3.8, 4) is 0 Å². The Kier molecular flexibility index (Phi) is 5.52. The molecule has 0 aromatic heterocycles. The summed E-state index contributed by atoms with van der Waals surface area (Å²) in [6.07, 6.45) is 0. The fourth-order valence-corrected chi connectivity index (χ4v) is 1.77. The molecule has 0 aliphatic heterocycles. The highest BCUT2D eigenvalue weighted by molar-refractivity contribution is 5.98. The van der Waals surface area contributed by atoms with Crippen LogP contribution < -0.4 is 5.32 Å². The van der Waals surface area contributed by atoms with Gasteiger partial charge in [-0.2, -0.15) is 0 Å². The maximum Gasteiger partial charge on any atom is 0.261 e. The highest BCUT2D eigenvalue weighted by Gasteiger charge is 2.02. The standard InChI is InChI=1S/C17H18N2O2/c1-14(16-10-6-3-7-11-16)19-21-13-17(20)18-12-15-8-4-2-5-9-15/h2-11H,12-13H2,1H3,(H,18,20)/b19-14-. The van der Waals surface area contributed by atoms with Crippen LogP contribution in [0.15, 0.2) is 65.8 Å². The number of benzene rings is 2. The SMILES string of the molecule is C/C(=N/OCC(=O)NCc1ccccc1)c1ccccc1. The lowest BCUT2D eigenvalue weighted by Crippen LogP contribution is -2.26. The topological polar surface area (TPSA) is 50.7 Å². The normalized spacial score (nSPS) is 11.0.